The normalized spacial score (nSPS) is 13.4. The van der Waals surface area contributed by atoms with Gasteiger partial charge in [-0.15, -0.1) is 11.3 Å². The number of rotatable bonds is 2. The quantitative estimate of drug-likeness (QED) is 0.163. The first-order valence-corrected chi connectivity index (χ1v) is 20.9. The number of benzene rings is 8. The van der Waals surface area contributed by atoms with E-state index in [1.807, 2.05) is 34.6 Å². The molecule has 0 spiro atoms. The Balaban J connectivity index is 1.28. The van der Waals surface area contributed by atoms with Gasteiger partial charge in [0.25, 0.3) is 0 Å². The average Bonchev–Trinajstić information content (AvgIpc) is 3.89. The maximum absolute atomic E-state index is 2.61. The summed E-state index contributed by atoms with van der Waals surface area (Å²) in [6.07, 6.45) is 0. The molecule has 0 bridgehead atoms. The first-order chi connectivity index (χ1) is 26.8. The van der Waals surface area contributed by atoms with Crippen LogP contribution in [0.3, 0.4) is 0 Å². The summed E-state index contributed by atoms with van der Waals surface area (Å²) in [5.74, 6) is 0. The highest BCUT2D eigenvalue weighted by Gasteiger charge is 2.37. The third-order valence-electron chi connectivity index (χ3n) is 11.5. The summed E-state index contributed by atoms with van der Waals surface area (Å²) in [5.41, 5.74) is 14.2. The molecule has 0 saturated heterocycles. The molecular formula is C48H27BN2S3. The first kappa shape index (κ1) is 29.8. The van der Waals surface area contributed by atoms with Crippen LogP contribution in [0.4, 0.5) is 0 Å². The van der Waals surface area contributed by atoms with Crippen LogP contribution in [0.2, 0.25) is 0 Å². The third kappa shape index (κ3) is 3.85. The second-order valence-corrected chi connectivity index (χ2v) is 17.9. The molecule has 0 radical (unpaired) electrons. The van der Waals surface area contributed by atoms with E-state index in [0.717, 1.165) is 0 Å². The monoisotopic (exact) mass is 738 g/mol. The zero-order valence-corrected chi connectivity index (χ0v) is 31.2. The van der Waals surface area contributed by atoms with Gasteiger partial charge in [0.1, 0.15) is 0 Å². The van der Waals surface area contributed by atoms with Crippen LogP contribution in [0.1, 0.15) is 0 Å². The maximum atomic E-state index is 2.61. The van der Waals surface area contributed by atoms with Crippen molar-refractivity contribution in [1.29, 1.82) is 0 Å². The minimum atomic E-state index is 0.308. The Labute approximate surface area is 323 Å². The van der Waals surface area contributed by atoms with Gasteiger partial charge in [-0.05, 0) is 82.3 Å². The fourth-order valence-electron chi connectivity index (χ4n) is 9.42. The Bertz CT molecular complexity index is 3340. The zero-order chi connectivity index (χ0) is 35.1. The summed E-state index contributed by atoms with van der Waals surface area (Å²) < 4.78 is 7.78. The molecule has 3 aromatic heterocycles. The standard InChI is InChI=1S/C48H27BN2S3/c1-2-14-28(15-3-1)50-37-21-9-4-18-32(37)42-43-34-20-8-11-23-39(34)52-48(43)47-44(46(42)50)33-19-5-10-22-38(33)51(47)29-26-35-30-16-6-12-24-40(30)53-49-45(35)36(27-29)31-17-7-13-25-41(31)54-49/h1-27H. The molecule has 13 rings (SSSR count). The molecule has 0 fully saturated rings. The van der Waals surface area contributed by atoms with Gasteiger partial charge in [0.2, 0.25) is 0 Å². The Morgan fingerprint density at radius 2 is 0.944 bits per heavy atom. The molecule has 0 amide bonds. The van der Waals surface area contributed by atoms with Crippen molar-refractivity contribution in [3.63, 3.8) is 0 Å². The summed E-state index contributed by atoms with van der Waals surface area (Å²) in [6, 6.07) is 61.1. The molecule has 0 unspecified atom stereocenters. The number of nitrogens with zero attached hydrogens (tertiary/aromatic N) is 2. The maximum Gasteiger partial charge on any atom is 0.318 e. The van der Waals surface area contributed by atoms with E-state index in [2.05, 4.69) is 173 Å². The van der Waals surface area contributed by atoms with Gasteiger partial charge in [-0.25, -0.2) is 0 Å². The Hall–Kier alpha value is -5.66. The number of hydrogen-bond acceptors (Lipinski definition) is 3. The molecule has 250 valence electrons. The van der Waals surface area contributed by atoms with Gasteiger partial charge in [-0.1, -0.05) is 109 Å². The largest absolute Gasteiger partial charge is 0.318 e. The minimum Gasteiger partial charge on any atom is -0.309 e. The lowest BCUT2D eigenvalue weighted by molar-refractivity contribution is 1.18. The van der Waals surface area contributed by atoms with Crippen molar-refractivity contribution < 1.29 is 0 Å². The molecule has 0 atom stereocenters. The molecule has 0 N–H and O–H groups in total. The van der Waals surface area contributed by atoms with Gasteiger partial charge < -0.3 is 9.13 Å². The summed E-state index contributed by atoms with van der Waals surface area (Å²) in [6.45, 7) is 0. The molecule has 0 aliphatic carbocycles. The molecule has 6 heteroatoms. The lowest BCUT2D eigenvalue weighted by Gasteiger charge is -2.32. The van der Waals surface area contributed by atoms with Crippen LogP contribution in [0, 0.1) is 0 Å². The first-order valence-electron chi connectivity index (χ1n) is 18.4. The van der Waals surface area contributed by atoms with Crippen molar-refractivity contribution in [2.24, 2.45) is 0 Å². The smallest absolute Gasteiger partial charge is 0.309 e. The van der Waals surface area contributed by atoms with E-state index < -0.39 is 0 Å². The minimum absolute atomic E-state index is 0.308. The molecule has 54 heavy (non-hydrogen) atoms. The number of aromatic nitrogens is 2. The summed E-state index contributed by atoms with van der Waals surface area (Å²) in [7, 11) is 0. The predicted molar refractivity (Wildman–Crippen MR) is 236 cm³/mol. The second kappa shape index (κ2) is 11.0. The van der Waals surface area contributed by atoms with Gasteiger partial charge in [-0.2, -0.15) is 23.2 Å². The fourth-order valence-corrected chi connectivity index (χ4v) is 13.6. The van der Waals surface area contributed by atoms with Gasteiger partial charge in [-0.3, -0.25) is 0 Å². The highest BCUT2D eigenvalue weighted by molar-refractivity contribution is 8.56. The molecule has 2 aliphatic heterocycles. The summed E-state index contributed by atoms with van der Waals surface area (Å²) >= 11 is 5.93. The van der Waals surface area contributed by atoms with Crippen LogP contribution >= 0.6 is 34.6 Å². The topological polar surface area (TPSA) is 9.86 Å². The van der Waals surface area contributed by atoms with E-state index in [0.29, 0.717) is 5.27 Å². The summed E-state index contributed by atoms with van der Waals surface area (Å²) in [5, 5.41) is 8.16. The van der Waals surface area contributed by atoms with E-state index in [-0.39, 0.29) is 0 Å². The lowest BCUT2D eigenvalue weighted by Crippen LogP contribution is -2.33. The van der Waals surface area contributed by atoms with Crippen molar-refractivity contribution in [3.8, 4) is 33.6 Å². The van der Waals surface area contributed by atoms with Crippen LogP contribution in [0.5, 0.6) is 0 Å². The number of hydrogen-bond donors (Lipinski definition) is 0. The van der Waals surface area contributed by atoms with Gasteiger partial charge in [0, 0.05) is 58.2 Å². The van der Waals surface area contributed by atoms with Crippen molar-refractivity contribution in [2.75, 3.05) is 0 Å². The lowest BCUT2D eigenvalue weighted by atomic mass is 9.77. The van der Waals surface area contributed by atoms with Crippen molar-refractivity contribution in [3.05, 3.63) is 164 Å². The van der Waals surface area contributed by atoms with Crippen LogP contribution in [0.25, 0.3) is 97.4 Å². The van der Waals surface area contributed by atoms with E-state index in [1.54, 1.807) is 0 Å². The highest BCUT2D eigenvalue weighted by atomic mass is 32.2. The van der Waals surface area contributed by atoms with Gasteiger partial charge in [0.15, 0.2) is 0 Å². The molecule has 11 aromatic rings. The van der Waals surface area contributed by atoms with E-state index in [1.165, 1.54) is 113 Å². The molecule has 5 heterocycles. The third-order valence-corrected chi connectivity index (χ3v) is 15.4. The van der Waals surface area contributed by atoms with Crippen molar-refractivity contribution >= 4 is 109 Å². The predicted octanol–water partition coefficient (Wildman–Crippen LogP) is 13.5. The molecular weight excluding hydrogens is 712 g/mol. The molecule has 2 nitrogen and oxygen atoms in total. The molecule has 0 saturated carbocycles. The molecule has 2 aliphatic rings. The van der Waals surface area contributed by atoms with E-state index in [4.69, 9.17) is 0 Å². The van der Waals surface area contributed by atoms with Crippen LogP contribution in [-0.4, -0.2) is 14.4 Å². The van der Waals surface area contributed by atoms with Crippen LogP contribution in [0.15, 0.2) is 174 Å². The fraction of sp³-hybridized carbons (Fsp3) is 0. The Morgan fingerprint density at radius 3 is 1.63 bits per heavy atom. The second-order valence-electron chi connectivity index (χ2n) is 14.3. The summed E-state index contributed by atoms with van der Waals surface area (Å²) in [4.78, 5) is 2.71. The van der Waals surface area contributed by atoms with E-state index >= 15 is 0 Å². The number of thiophene rings is 1. The van der Waals surface area contributed by atoms with E-state index in [9.17, 15) is 0 Å². The SMILES string of the molecule is c1ccc(-n2c3ccccc3c3c4c5ccccc5sc4c4c(c5ccccc5n4-c4cc5c6c(c4)-c4ccccc4SB6Sc4ccccc4-5)c32)cc1. The van der Waals surface area contributed by atoms with Crippen molar-refractivity contribution in [1.82, 2.24) is 9.13 Å². The van der Waals surface area contributed by atoms with Crippen LogP contribution in [-0.2, 0) is 0 Å². The highest BCUT2D eigenvalue weighted by Crippen LogP contribution is 2.53. The zero-order valence-electron chi connectivity index (χ0n) is 28.8. The van der Waals surface area contributed by atoms with Gasteiger partial charge in [0.05, 0.1) is 26.8 Å². The molecule has 8 aromatic carbocycles. The Kier molecular flexibility index (Phi) is 6.04. The number of para-hydroxylation sites is 3. The van der Waals surface area contributed by atoms with Crippen LogP contribution < -0.4 is 5.46 Å². The average molecular weight is 739 g/mol. The van der Waals surface area contributed by atoms with Crippen molar-refractivity contribution in [2.45, 2.75) is 9.79 Å². The number of fused-ring (bicyclic) bond motifs is 16. The Morgan fingerprint density at radius 1 is 0.407 bits per heavy atom. The van der Waals surface area contributed by atoms with Gasteiger partial charge >= 0.3 is 5.27 Å².